The van der Waals surface area contributed by atoms with Gasteiger partial charge in [-0.2, -0.15) is 0 Å². The Balaban J connectivity index is 1.41. The summed E-state index contributed by atoms with van der Waals surface area (Å²) in [5.41, 5.74) is -0.206. The number of aromatic hydroxyl groups is 1. The summed E-state index contributed by atoms with van der Waals surface area (Å²) >= 11 is 0. The Morgan fingerprint density at radius 2 is 2.00 bits per heavy atom. The van der Waals surface area contributed by atoms with Crippen LogP contribution in [0.2, 0.25) is 0 Å². The zero-order valence-corrected chi connectivity index (χ0v) is 23.1. The van der Waals surface area contributed by atoms with E-state index in [4.69, 9.17) is 18.9 Å². The van der Waals surface area contributed by atoms with Crippen molar-refractivity contribution in [2.75, 3.05) is 13.7 Å². The predicted molar refractivity (Wildman–Crippen MR) is 146 cm³/mol. The van der Waals surface area contributed by atoms with Crippen molar-refractivity contribution in [3.8, 4) is 11.5 Å². The van der Waals surface area contributed by atoms with E-state index in [-0.39, 0.29) is 35.5 Å². The molecular weight excluding hydrogens is 500 g/mol. The Labute approximate surface area is 230 Å². The number of aromatic nitrogens is 1. The van der Waals surface area contributed by atoms with Gasteiger partial charge in [-0.3, -0.25) is 4.79 Å². The third-order valence-electron chi connectivity index (χ3n) is 7.80. The molecule has 9 heteroatoms. The smallest absolute Gasteiger partial charge is 0.329 e. The molecule has 4 rings (SSSR count). The first-order valence-corrected chi connectivity index (χ1v) is 14.3. The number of esters is 1. The van der Waals surface area contributed by atoms with Crippen LogP contribution < -0.4 is 10.1 Å². The fourth-order valence-corrected chi connectivity index (χ4v) is 5.61. The fraction of sp³-hybridized carbons (Fsp3) is 0.633. The minimum absolute atomic E-state index is 0.128. The number of cyclic esters (lactones) is 1. The maximum atomic E-state index is 13.2. The molecule has 0 radical (unpaired) electrons. The first kappa shape index (κ1) is 29.1. The number of methoxy groups -OCH3 is 1. The molecule has 3 aliphatic rings. The van der Waals surface area contributed by atoms with E-state index in [9.17, 15) is 14.7 Å². The molecule has 9 nitrogen and oxygen atoms in total. The zero-order chi connectivity index (χ0) is 27.6. The van der Waals surface area contributed by atoms with Gasteiger partial charge in [0, 0.05) is 18.9 Å². The van der Waals surface area contributed by atoms with Crippen LogP contribution in [-0.2, 0) is 19.0 Å². The Morgan fingerprint density at radius 1 is 1.18 bits per heavy atom. The van der Waals surface area contributed by atoms with Gasteiger partial charge in [0.25, 0.3) is 5.91 Å². The van der Waals surface area contributed by atoms with Crippen molar-refractivity contribution in [2.24, 2.45) is 5.92 Å². The van der Waals surface area contributed by atoms with Crippen LogP contribution in [0.4, 0.5) is 0 Å². The van der Waals surface area contributed by atoms with Crippen LogP contribution in [0.15, 0.2) is 36.6 Å². The van der Waals surface area contributed by atoms with E-state index in [0.717, 1.165) is 44.9 Å². The van der Waals surface area contributed by atoms with Crippen molar-refractivity contribution < 1.29 is 33.6 Å². The topological polar surface area (TPSA) is 116 Å². The second kappa shape index (κ2) is 14.5. The van der Waals surface area contributed by atoms with Gasteiger partial charge in [0.2, 0.25) is 0 Å². The van der Waals surface area contributed by atoms with Crippen molar-refractivity contribution in [3.63, 3.8) is 0 Å². The first-order chi connectivity index (χ1) is 19.0. The van der Waals surface area contributed by atoms with Crippen molar-refractivity contribution in [1.82, 2.24) is 10.3 Å². The minimum Gasteiger partial charge on any atom is -0.503 e. The highest BCUT2D eigenvalue weighted by Crippen LogP contribution is 2.30. The second-order valence-electron chi connectivity index (χ2n) is 10.7. The molecule has 1 saturated heterocycles. The molecule has 0 aromatic carbocycles. The van der Waals surface area contributed by atoms with E-state index < -0.39 is 24.0 Å². The lowest BCUT2D eigenvalue weighted by atomic mass is 9.96. The fourth-order valence-electron chi connectivity index (χ4n) is 5.61. The number of carbonyl (C=O) groups is 2. The number of nitrogens with zero attached hydrogens (tertiary/aromatic N) is 1. The maximum absolute atomic E-state index is 13.2. The van der Waals surface area contributed by atoms with Crippen molar-refractivity contribution in [2.45, 2.75) is 102 Å². The average Bonchev–Trinajstić information content (AvgIpc) is 3.47. The molecule has 1 aromatic heterocycles. The van der Waals surface area contributed by atoms with E-state index in [1.54, 1.807) is 0 Å². The van der Waals surface area contributed by atoms with Crippen molar-refractivity contribution >= 4 is 11.9 Å². The lowest BCUT2D eigenvalue weighted by Gasteiger charge is -2.33. The van der Waals surface area contributed by atoms with Gasteiger partial charge >= 0.3 is 5.97 Å². The SMILES string of the molecule is COc1ccnc(C(=O)N[C@H]2CCC[C@H](OCCCC3C=CC=CC3)[C@@H](OC3CCCC3)[C@H](C)OC2=O)c1O. The Hall–Kier alpha value is -2.91. The molecule has 0 spiro atoms. The molecule has 214 valence electrons. The van der Waals surface area contributed by atoms with Crippen LogP contribution in [0.25, 0.3) is 0 Å². The van der Waals surface area contributed by atoms with Crippen LogP contribution in [-0.4, -0.2) is 66.1 Å². The van der Waals surface area contributed by atoms with E-state index in [0.29, 0.717) is 31.8 Å². The van der Waals surface area contributed by atoms with Crippen LogP contribution >= 0.6 is 0 Å². The van der Waals surface area contributed by atoms with E-state index >= 15 is 0 Å². The number of amides is 1. The molecule has 2 aliphatic carbocycles. The molecule has 0 bridgehead atoms. The molecule has 5 atom stereocenters. The third-order valence-corrected chi connectivity index (χ3v) is 7.80. The summed E-state index contributed by atoms with van der Waals surface area (Å²) in [5, 5.41) is 13.0. The van der Waals surface area contributed by atoms with Crippen molar-refractivity contribution in [3.05, 3.63) is 42.3 Å². The highest BCUT2D eigenvalue weighted by Gasteiger charge is 2.37. The average molecular weight is 543 g/mol. The van der Waals surface area contributed by atoms with Gasteiger partial charge < -0.3 is 29.4 Å². The lowest BCUT2D eigenvalue weighted by molar-refractivity contribution is -0.175. The summed E-state index contributed by atoms with van der Waals surface area (Å²) < 4.78 is 23.9. The number of hydrogen-bond donors (Lipinski definition) is 2. The number of hydrogen-bond acceptors (Lipinski definition) is 8. The number of pyridine rings is 1. The highest BCUT2D eigenvalue weighted by molar-refractivity contribution is 5.97. The maximum Gasteiger partial charge on any atom is 0.329 e. The molecule has 2 N–H and O–H groups in total. The third kappa shape index (κ3) is 8.05. The molecular formula is C30H42N2O7. The molecule has 1 aliphatic heterocycles. The van der Waals surface area contributed by atoms with Crippen LogP contribution in [0.1, 0.15) is 81.6 Å². The Bertz CT molecular complexity index is 1020. The van der Waals surface area contributed by atoms with Gasteiger partial charge in [0.15, 0.2) is 17.2 Å². The number of allylic oxidation sites excluding steroid dienone is 4. The van der Waals surface area contributed by atoms with Crippen LogP contribution in [0.3, 0.4) is 0 Å². The van der Waals surface area contributed by atoms with Gasteiger partial charge in [-0.25, -0.2) is 9.78 Å². The Morgan fingerprint density at radius 3 is 2.74 bits per heavy atom. The lowest BCUT2D eigenvalue weighted by Crippen LogP contribution is -2.46. The summed E-state index contributed by atoms with van der Waals surface area (Å²) in [6.07, 6.45) is 18.0. The molecule has 1 amide bonds. The zero-order valence-electron chi connectivity index (χ0n) is 23.1. The first-order valence-electron chi connectivity index (χ1n) is 14.3. The molecule has 2 heterocycles. The van der Waals surface area contributed by atoms with Gasteiger partial charge in [-0.1, -0.05) is 37.1 Å². The normalized spacial score (nSPS) is 27.8. The minimum atomic E-state index is -0.885. The Kier molecular flexibility index (Phi) is 10.8. The summed E-state index contributed by atoms with van der Waals surface area (Å²) in [5.74, 6) is -0.897. The van der Waals surface area contributed by atoms with Crippen LogP contribution in [0.5, 0.6) is 11.5 Å². The molecule has 1 unspecified atom stereocenters. The van der Waals surface area contributed by atoms with E-state index in [1.165, 1.54) is 19.4 Å². The number of carbonyl (C=O) groups excluding carboxylic acids is 2. The molecule has 1 aromatic rings. The van der Waals surface area contributed by atoms with Gasteiger partial charge in [-0.05, 0) is 64.2 Å². The van der Waals surface area contributed by atoms with Gasteiger partial charge in [0.1, 0.15) is 18.2 Å². The number of nitrogens with one attached hydrogen (secondary N) is 1. The van der Waals surface area contributed by atoms with Gasteiger partial charge in [-0.15, -0.1) is 0 Å². The second-order valence-corrected chi connectivity index (χ2v) is 10.7. The summed E-state index contributed by atoms with van der Waals surface area (Å²) in [6.45, 7) is 2.46. The van der Waals surface area contributed by atoms with E-state index in [1.807, 2.05) is 6.92 Å². The van der Waals surface area contributed by atoms with Gasteiger partial charge in [0.05, 0.1) is 19.3 Å². The highest BCUT2D eigenvalue weighted by atomic mass is 16.6. The summed E-state index contributed by atoms with van der Waals surface area (Å²) in [4.78, 5) is 30.1. The monoisotopic (exact) mass is 542 g/mol. The predicted octanol–water partition coefficient (Wildman–Crippen LogP) is 4.64. The largest absolute Gasteiger partial charge is 0.503 e. The standard InChI is InChI=1S/C30H42N2O7/c1-20-28(39-22-13-6-7-14-22)25(37-19-9-12-21-10-4-3-5-11-21)16-8-15-23(30(35)38-20)32-29(34)26-27(33)24(36-2)17-18-31-26/h3-5,10,17-18,20-23,25,28,33H,6-9,11-16,19H2,1-2H3,(H,32,34)/t20-,21?,23-,25-,28-/m0/s1. The molecule has 39 heavy (non-hydrogen) atoms. The quantitative estimate of drug-likeness (QED) is 0.325. The van der Waals surface area contributed by atoms with E-state index in [2.05, 4.69) is 34.6 Å². The summed E-state index contributed by atoms with van der Waals surface area (Å²) in [7, 11) is 1.39. The van der Waals surface area contributed by atoms with Crippen LogP contribution in [0, 0.1) is 5.92 Å². The van der Waals surface area contributed by atoms with Crippen molar-refractivity contribution in [1.29, 1.82) is 0 Å². The summed E-state index contributed by atoms with van der Waals surface area (Å²) in [6, 6.07) is 0.569. The molecule has 2 fully saturated rings. The number of rotatable bonds is 10. The molecule has 1 saturated carbocycles. The number of ether oxygens (including phenoxy) is 4.